The van der Waals surface area contributed by atoms with Gasteiger partial charge in [0.05, 0.1) is 5.52 Å². The average molecular weight is 417 g/mol. The standard InChI is InChI=1S/C24H21BrN2/c25-20-13-10-18(11-14-20)22(16-17-26-21-7-2-1-3-8-21)24-15-12-19-6-4-5-9-23(19)27-24/h1-15,22,26H,16-17H2/t22-/m1/s1. The molecule has 2 nitrogen and oxygen atoms in total. The number of halogens is 1. The van der Waals surface area contributed by atoms with E-state index in [4.69, 9.17) is 4.98 Å². The van der Waals surface area contributed by atoms with E-state index >= 15 is 0 Å². The smallest absolute Gasteiger partial charge is 0.0705 e. The molecule has 0 saturated carbocycles. The zero-order valence-corrected chi connectivity index (χ0v) is 16.6. The Labute approximate surface area is 168 Å². The van der Waals surface area contributed by atoms with Crippen LogP contribution >= 0.6 is 15.9 Å². The van der Waals surface area contributed by atoms with Crippen molar-refractivity contribution < 1.29 is 0 Å². The second-order valence-electron chi connectivity index (χ2n) is 6.61. The van der Waals surface area contributed by atoms with E-state index in [1.165, 1.54) is 10.9 Å². The molecule has 134 valence electrons. The molecule has 3 aromatic carbocycles. The summed E-state index contributed by atoms with van der Waals surface area (Å²) in [5.41, 5.74) is 4.60. The molecule has 1 atom stereocenters. The molecule has 0 amide bonds. The third-order valence-electron chi connectivity index (χ3n) is 4.79. The number of hydrogen-bond donors (Lipinski definition) is 1. The number of nitrogens with one attached hydrogen (secondary N) is 1. The van der Waals surface area contributed by atoms with Crippen LogP contribution in [0.5, 0.6) is 0 Å². The molecule has 1 aromatic heterocycles. The summed E-state index contributed by atoms with van der Waals surface area (Å²) in [5, 5.41) is 4.71. The predicted molar refractivity (Wildman–Crippen MR) is 117 cm³/mol. The maximum Gasteiger partial charge on any atom is 0.0705 e. The minimum absolute atomic E-state index is 0.249. The van der Waals surface area contributed by atoms with Gasteiger partial charge >= 0.3 is 0 Å². The minimum Gasteiger partial charge on any atom is -0.385 e. The summed E-state index contributed by atoms with van der Waals surface area (Å²) in [6.07, 6.45) is 0.974. The molecule has 0 spiro atoms. The van der Waals surface area contributed by atoms with Gasteiger partial charge < -0.3 is 5.32 Å². The van der Waals surface area contributed by atoms with Crippen molar-refractivity contribution in [2.75, 3.05) is 11.9 Å². The van der Waals surface area contributed by atoms with Gasteiger partial charge in [-0.25, -0.2) is 0 Å². The van der Waals surface area contributed by atoms with E-state index in [2.05, 4.69) is 100 Å². The van der Waals surface area contributed by atoms with Crippen LogP contribution in [-0.2, 0) is 0 Å². The monoisotopic (exact) mass is 416 g/mol. The molecule has 0 fully saturated rings. The fourth-order valence-corrected chi connectivity index (χ4v) is 3.64. The van der Waals surface area contributed by atoms with Crippen molar-refractivity contribution in [3.05, 3.63) is 107 Å². The van der Waals surface area contributed by atoms with Crippen molar-refractivity contribution in [1.82, 2.24) is 4.98 Å². The molecule has 1 N–H and O–H groups in total. The number of aromatic nitrogens is 1. The second-order valence-corrected chi connectivity index (χ2v) is 7.53. The number of nitrogens with zero attached hydrogens (tertiary/aromatic N) is 1. The van der Waals surface area contributed by atoms with E-state index < -0.39 is 0 Å². The lowest BCUT2D eigenvalue weighted by molar-refractivity contribution is 0.725. The molecule has 27 heavy (non-hydrogen) atoms. The first-order chi connectivity index (χ1) is 13.3. The maximum atomic E-state index is 4.96. The first-order valence-electron chi connectivity index (χ1n) is 9.20. The Balaban J connectivity index is 1.61. The Morgan fingerprint density at radius 1 is 0.778 bits per heavy atom. The minimum atomic E-state index is 0.249. The van der Waals surface area contributed by atoms with Crippen molar-refractivity contribution in [3.63, 3.8) is 0 Å². The van der Waals surface area contributed by atoms with Crippen LogP contribution in [-0.4, -0.2) is 11.5 Å². The first-order valence-corrected chi connectivity index (χ1v) is 9.99. The predicted octanol–water partition coefficient (Wildman–Crippen LogP) is 6.63. The molecule has 0 unspecified atom stereocenters. The van der Waals surface area contributed by atoms with Gasteiger partial charge in [-0.2, -0.15) is 0 Å². The van der Waals surface area contributed by atoms with Gasteiger partial charge in [-0.05, 0) is 48.4 Å². The number of hydrogen-bond acceptors (Lipinski definition) is 2. The molecule has 0 bridgehead atoms. The van der Waals surface area contributed by atoms with Crippen molar-refractivity contribution >= 4 is 32.5 Å². The average Bonchev–Trinajstić information content (AvgIpc) is 2.73. The SMILES string of the molecule is Brc1ccc([C@@H](CCNc2ccccc2)c2ccc3ccccc3n2)cc1. The summed E-state index contributed by atoms with van der Waals surface area (Å²) in [5.74, 6) is 0.249. The maximum absolute atomic E-state index is 4.96. The summed E-state index contributed by atoms with van der Waals surface area (Å²) < 4.78 is 1.10. The number of anilines is 1. The molecule has 1 heterocycles. The van der Waals surface area contributed by atoms with Crippen LogP contribution in [0, 0.1) is 0 Å². The number of benzene rings is 3. The first kappa shape index (κ1) is 17.7. The fraction of sp³-hybridized carbons (Fsp3) is 0.125. The largest absolute Gasteiger partial charge is 0.385 e. The van der Waals surface area contributed by atoms with Gasteiger partial charge in [0.15, 0.2) is 0 Å². The number of fused-ring (bicyclic) bond motifs is 1. The lowest BCUT2D eigenvalue weighted by Gasteiger charge is -2.18. The molecule has 0 radical (unpaired) electrons. The lowest BCUT2D eigenvalue weighted by atomic mass is 9.91. The normalized spacial score (nSPS) is 12.0. The van der Waals surface area contributed by atoms with E-state index in [0.717, 1.165) is 34.3 Å². The van der Waals surface area contributed by atoms with Crippen molar-refractivity contribution in [2.24, 2.45) is 0 Å². The number of pyridine rings is 1. The third-order valence-corrected chi connectivity index (χ3v) is 5.31. The van der Waals surface area contributed by atoms with Crippen LogP contribution < -0.4 is 5.32 Å². The van der Waals surface area contributed by atoms with E-state index in [0.29, 0.717) is 0 Å². The highest BCUT2D eigenvalue weighted by atomic mass is 79.9. The van der Waals surface area contributed by atoms with E-state index in [1.807, 2.05) is 12.1 Å². The molecule has 0 aliphatic carbocycles. The summed E-state index contributed by atoms with van der Waals surface area (Å²) in [4.78, 5) is 4.96. The quantitative estimate of drug-likeness (QED) is 0.381. The van der Waals surface area contributed by atoms with Gasteiger partial charge in [-0.3, -0.25) is 4.98 Å². The van der Waals surface area contributed by atoms with Crippen molar-refractivity contribution in [1.29, 1.82) is 0 Å². The summed E-state index contributed by atoms with van der Waals surface area (Å²) in [7, 11) is 0. The van der Waals surface area contributed by atoms with E-state index in [9.17, 15) is 0 Å². The fourth-order valence-electron chi connectivity index (χ4n) is 3.37. The second kappa shape index (κ2) is 8.36. The zero-order chi connectivity index (χ0) is 18.5. The molecule has 0 aliphatic rings. The van der Waals surface area contributed by atoms with Crippen molar-refractivity contribution in [3.8, 4) is 0 Å². The summed E-state index contributed by atoms with van der Waals surface area (Å²) >= 11 is 3.54. The van der Waals surface area contributed by atoms with Crippen molar-refractivity contribution in [2.45, 2.75) is 12.3 Å². The molecular weight excluding hydrogens is 396 g/mol. The molecule has 4 rings (SSSR count). The molecule has 3 heteroatoms. The zero-order valence-electron chi connectivity index (χ0n) is 15.0. The van der Waals surface area contributed by atoms with Gasteiger partial charge in [-0.15, -0.1) is 0 Å². The number of rotatable bonds is 6. The Morgan fingerprint density at radius 3 is 2.33 bits per heavy atom. The Morgan fingerprint density at radius 2 is 1.52 bits per heavy atom. The van der Waals surface area contributed by atoms with Crippen LogP contribution in [0.25, 0.3) is 10.9 Å². The molecule has 0 aliphatic heterocycles. The lowest BCUT2D eigenvalue weighted by Crippen LogP contribution is -2.10. The van der Waals surface area contributed by atoms with Gasteiger partial charge in [-0.1, -0.05) is 70.5 Å². The van der Waals surface area contributed by atoms with Crippen LogP contribution in [0.4, 0.5) is 5.69 Å². The van der Waals surface area contributed by atoms with Crippen LogP contribution in [0.3, 0.4) is 0 Å². The summed E-state index contributed by atoms with van der Waals surface area (Å²) in [6, 6.07) is 31.6. The Bertz CT molecular complexity index is 1010. The Kier molecular flexibility index (Phi) is 5.50. The Hall–Kier alpha value is -2.65. The topological polar surface area (TPSA) is 24.9 Å². The highest BCUT2D eigenvalue weighted by Crippen LogP contribution is 2.29. The highest BCUT2D eigenvalue weighted by Gasteiger charge is 2.16. The molecule has 0 saturated heterocycles. The van der Waals surface area contributed by atoms with Crippen LogP contribution in [0.1, 0.15) is 23.6 Å². The van der Waals surface area contributed by atoms with Gasteiger partial charge in [0.25, 0.3) is 0 Å². The van der Waals surface area contributed by atoms with Crippen LogP contribution in [0.2, 0.25) is 0 Å². The van der Waals surface area contributed by atoms with E-state index in [1.54, 1.807) is 0 Å². The highest BCUT2D eigenvalue weighted by molar-refractivity contribution is 9.10. The molecular formula is C24H21BrN2. The third kappa shape index (κ3) is 4.37. The molecule has 4 aromatic rings. The van der Waals surface area contributed by atoms with Crippen LogP contribution in [0.15, 0.2) is 95.5 Å². The van der Waals surface area contributed by atoms with Gasteiger partial charge in [0, 0.05) is 33.7 Å². The number of para-hydroxylation sites is 2. The van der Waals surface area contributed by atoms with Gasteiger partial charge in [0.2, 0.25) is 0 Å². The summed E-state index contributed by atoms with van der Waals surface area (Å²) in [6.45, 7) is 0.888. The van der Waals surface area contributed by atoms with Gasteiger partial charge in [0.1, 0.15) is 0 Å². The van der Waals surface area contributed by atoms with E-state index in [-0.39, 0.29) is 5.92 Å².